The Kier molecular flexibility index (Phi) is 5.78. The van der Waals surface area contributed by atoms with Gasteiger partial charge < -0.3 is 5.32 Å². The fraction of sp³-hybridized carbons (Fsp3) is 0.381. The van der Waals surface area contributed by atoms with Gasteiger partial charge in [-0.15, -0.1) is 0 Å². The fourth-order valence-corrected chi connectivity index (χ4v) is 6.46. The van der Waals surface area contributed by atoms with Gasteiger partial charge in [-0.3, -0.25) is 9.10 Å². The first-order valence-electron chi connectivity index (χ1n) is 9.66. The molecular weight excluding hydrogens is 431 g/mol. The smallest absolute Gasteiger partial charge is 0.264 e. The van der Waals surface area contributed by atoms with E-state index in [-0.39, 0.29) is 29.1 Å². The van der Waals surface area contributed by atoms with Gasteiger partial charge in [-0.25, -0.2) is 8.42 Å². The van der Waals surface area contributed by atoms with Gasteiger partial charge in [0.15, 0.2) is 0 Å². The Morgan fingerprint density at radius 2 is 1.72 bits per heavy atom. The van der Waals surface area contributed by atoms with Crippen LogP contribution in [0.1, 0.15) is 25.7 Å². The molecule has 2 saturated carbocycles. The molecule has 0 heterocycles. The fourth-order valence-electron chi connectivity index (χ4n) is 4.52. The highest BCUT2D eigenvalue weighted by atomic mass is 35.5. The number of anilines is 1. The van der Waals surface area contributed by atoms with Crippen molar-refractivity contribution in [1.29, 1.82) is 0 Å². The molecule has 0 unspecified atom stereocenters. The van der Waals surface area contributed by atoms with Crippen LogP contribution in [0.25, 0.3) is 0 Å². The quantitative estimate of drug-likeness (QED) is 0.701. The number of halogens is 2. The van der Waals surface area contributed by atoms with Gasteiger partial charge in [-0.2, -0.15) is 0 Å². The Balaban J connectivity index is 1.62. The number of rotatable bonds is 6. The maximum Gasteiger partial charge on any atom is 0.264 e. The largest absolute Gasteiger partial charge is 0.352 e. The van der Waals surface area contributed by atoms with E-state index in [1.165, 1.54) is 36.8 Å². The van der Waals surface area contributed by atoms with E-state index in [9.17, 15) is 13.2 Å². The van der Waals surface area contributed by atoms with Crippen molar-refractivity contribution in [2.24, 2.45) is 11.8 Å². The van der Waals surface area contributed by atoms with Crippen molar-refractivity contribution in [2.45, 2.75) is 36.6 Å². The predicted octanol–water partition coefficient (Wildman–Crippen LogP) is 4.49. The van der Waals surface area contributed by atoms with Crippen LogP contribution >= 0.6 is 23.2 Å². The third-order valence-corrected chi connectivity index (χ3v) is 8.06. The maximum atomic E-state index is 13.3. The summed E-state index contributed by atoms with van der Waals surface area (Å²) in [5.41, 5.74) is 0.259. The Hall–Kier alpha value is -1.76. The van der Waals surface area contributed by atoms with Crippen LogP contribution < -0.4 is 9.62 Å². The molecule has 2 aliphatic rings. The van der Waals surface area contributed by atoms with Crippen molar-refractivity contribution in [2.75, 3.05) is 10.8 Å². The third kappa shape index (κ3) is 4.39. The van der Waals surface area contributed by atoms with Crippen LogP contribution in [0.5, 0.6) is 0 Å². The molecule has 0 aliphatic heterocycles. The summed E-state index contributed by atoms with van der Waals surface area (Å²) in [6, 6.07) is 12.7. The lowest BCUT2D eigenvalue weighted by atomic mass is 9.95. The van der Waals surface area contributed by atoms with E-state index in [2.05, 4.69) is 5.32 Å². The van der Waals surface area contributed by atoms with Crippen molar-refractivity contribution in [3.63, 3.8) is 0 Å². The summed E-state index contributed by atoms with van der Waals surface area (Å²) >= 11 is 12.2. The molecule has 154 valence electrons. The van der Waals surface area contributed by atoms with Crippen LogP contribution in [-0.2, 0) is 14.8 Å². The van der Waals surface area contributed by atoms with E-state index in [0.29, 0.717) is 21.9 Å². The Bertz CT molecular complexity index is 994. The number of nitrogens with one attached hydrogen (secondary N) is 1. The van der Waals surface area contributed by atoms with Crippen molar-refractivity contribution >= 4 is 44.8 Å². The molecule has 2 aliphatic carbocycles. The topological polar surface area (TPSA) is 66.5 Å². The molecule has 2 aromatic carbocycles. The first-order valence-corrected chi connectivity index (χ1v) is 11.9. The van der Waals surface area contributed by atoms with Gasteiger partial charge in [-0.05, 0) is 61.4 Å². The molecule has 2 fully saturated rings. The second-order valence-electron chi connectivity index (χ2n) is 7.80. The van der Waals surface area contributed by atoms with Crippen molar-refractivity contribution in [3.8, 4) is 0 Å². The number of hydrogen-bond donors (Lipinski definition) is 1. The van der Waals surface area contributed by atoms with Crippen LogP contribution in [0.4, 0.5) is 5.69 Å². The molecule has 0 aromatic heterocycles. The van der Waals surface area contributed by atoms with E-state index in [0.717, 1.165) is 23.6 Å². The average molecular weight is 453 g/mol. The second-order valence-corrected chi connectivity index (χ2v) is 10.5. The first-order chi connectivity index (χ1) is 13.8. The molecule has 0 saturated heterocycles. The van der Waals surface area contributed by atoms with Crippen LogP contribution in [-0.4, -0.2) is 26.9 Å². The zero-order chi connectivity index (χ0) is 20.6. The molecule has 1 N–H and O–H groups in total. The Morgan fingerprint density at radius 3 is 2.31 bits per heavy atom. The molecular formula is C21H22Cl2N2O3S. The summed E-state index contributed by atoms with van der Waals surface area (Å²) in [5, 5.41) is 3.65. The molecule has 4 rings (SSSR count). The summed E-state index contributed by atoms with van der Waals surface area (Å²) in [4.78, 5) is 12.9. The molecule has 5 nitrogen and oxygen atoms in total. The standard InChI is InChI=1S/C21H22Cl2N2O3S/c22-16-10-17(23)12-18(11-16)25(29(27,28)19-4-2-1-3-5-19)13-21(26)24-20-9-14-6-7-15(20)8-14/h1-5,10-12,14-15,20H,6-9,13H2,(H,24,26)/t14-,15-,20+/m0/s1. The number of carbonyl (C=O) groups excluding carboxylic acids is 1. The molecule has 1 amide bonds. The number of sulfonamides is 1. The molecule has 0 radical (unpaired) electrons. The molecule has 2 bridgehead atoms. The van der Waals surface area contributed by atoms with Gasteiger partial charge in [0, 0.05) is 16.1 Å². The van der Waals surface area contributed by atoms with E-state index in [4.69, 9.17) is 23.2 Å². The molecule has 8 heteroatoms. The highest BCUT2D eigenvalue weighted by Gasteiger charge is 2.40. The van der Waals surface area contributed by atoms with Crippen LogP contribution in [0.15, 0.2) is 53.4 Å². The minimum absolute atomic E-state index is 0.101. The zero-order valence-corrected chi connectivity index (χ0v) is 18.1. The monoisotopic (exact) mass is 452 g/mol. The van der Waals surface area contributed by atoms with Gasteiger partial charge in [0.2, 0.25) is 5.91 Å². The average Bonchev–Trinajstić information content (AvgIpc) is 3.29. The second kappa shape index (κ2) is 8.17. The molecule has 2 aromatic rings. The van der Waals surface area contributed by atoms with E-state index >= 15 is 0 Å². The number of amides is 1. The maximum absolute atomic E-state index is 13.3. The van der Waals surface area contributed by atoms with Gasteiger partial charge in [-0.1, -0.05) is 47.8 Å². The predicted molar refractivity (Wildman–Crippen MR) is 115 cm³/mol. The third-order valence-electron chi connectivity index (χ3n) is 5.84. The van der Waals surface area contributed by atoms with Gasteiger partial charge in [0.05, 0.1) is 10.6 Å². The van der Waals surface area contributed by atoms with Crippen molar-refractivity contribution in [1.82, 2.24) is 5.32 Å². The van der Waals surface area contributed by atoms with Gasteiger partial charge >= 0.3 is 0 Å². The SMILES string of the molecule is O=C(CN(c1cc(Cl)cc(Cl)c1)S(=O)(=O)c1ccccc1)N[C@@H]1C[C@H]2CC[C@H]1C2. The van der Waals surface area contributed by atoms with Crippen molar-refractivity contribution in [3.05, 3.63) is 58.6 Å². The van der Waals surface area contributed by atoms with E-state index < -0.39 is 10.0 Å². The van der Waals surface area contributed by atoms with Crippen LogP contribution in [0.3, 0.4) is 0 Å². The lowest BCUT2D eigenvalue weighted by Crippen LogP contribution is -2.46. The number of nitrogens with zero attached hydrogens (tertiary/aromatic N) is 1. The van der Waals surface area contributed by atoms with Crippen LogP contribution in [0, 0.1) is 11.8 Å². The number of fused-ring (bicyclic) bond motifs is 2. The Morgan fingerprint density at radius 1 is 1.03 bits per heavy atom. The first kappa shape index (κ1) is 20.5. The lowest BCUT2D eigenvalue weighted by molar-refractivity contribution is -0.120. The minimum atomic E-state index is -3.97. The van der Waals surface area contributed by atoms with Crippen LogP contribution in [0.2, 0.25) is 10.0 Å². The number of carbonyl (C=O) groups is 1. The highest BCUT2D eigenvalue weighted by molar-refractivity contribution is 7.92. The summed E-state index contributed by atoms with van der Waals surface area (Å²) in [6.45, 7) is -0.332. The van der Waals surface area contributed by atoms with Crippen molar-refractivity contribution < 1.29 is 13.2 Å². The zero-order valence-electron chi connectivity index (χ0n) is 15.7. The highest BCUT2D eigenvalue weighted by Crippen LogP contribution is 2.44. The van der Waals surface area contributed by atoms with E-state index in [1.807, 2.05) is 0 Å². The number of hydrogen-bond acceptors (Lipinski definition) is 3. The minimum Gasteiger partial charge on any atom is -0.352 e. The lowest BCUT2D eigenvalue weighted by Gasteiger charge is -2.27. The van der Waals surface area contributed by atoms with E-state index in [1.54, 1.807) is 18.2 Å². The molecule has 3 atom stereocenters. The Labute approximate surface area is 181 Å². The summed E-state index contributed by atoms with van der Waals surface area (Å²) < 4.78 is 27.7. The molecule has 29 heavy (non-hydrogen) atoms. The summed E-state index contributed by atoms with van der Waals surface area (Å²) in [5.74, 6) is 0.864. The van der Waals surface area contributed by atoms with Gasteiger partial charge in [0.1, 0.15) is 6.54 Å². The normalized spacial score (nSPS) is 23.2. The summed E-state index contributed by atoms with van der Waals surface area (Å²) in [6.07, 6.45) is 4.49. The number of benzene rings is 2. The van der Waals surface area contributed by atoms with Gasteiger partial charge in [0.25, 0.3) is 10.0 Å². The summed E-state index contributed by atoms with van der Waals surface area (Å²) in [7, 11) is -3.97. The molecule has 0 spiro atoms.